The highest BCUT2D eigenvalue weighted by molar-refractivity contribution is 5.76. The molecule has 1 fully saturated rings. The Labute approximate surface area is 160 Å². The van der Waals surface area contributed by atoms with Gasteiger partial charge in [-0.1, -0.05) is 30.3 Å². The molecule has 1 aromatic carbocycles. The molecular formula is C21H28N4O2. The molecule has 6 nitrogen and oxygen atoms in total. The van der Waals surface area contributed by atoms with Crippen molar-refractivity contribution in [3.8, 4) is 0 Å². The molecule has 1 N–H and O–H groups in total. The van der Waals surface area contributed by atoms with E-state index in [1.54, 1.807) is 4.57 Å². The van der Waals surface area contributed by atoms with Gasteiger partial charge in [0, 0.05) is 50.0 Å². The van der Waals surface area contributed by atoms with Gasteiger partial charge in [-0.05, 0) is 38.3 Å². The van der Waals surface area contributed by atoms with Crippen molar-refractivity contribution in [1.29, 1.82) is 0 Å². The van der Waals surface area contributed by atoms with E-state index in [2.05, 4.69) is 22.4 Å². The van der Waals surface area contributed by atoms with Crippen LogP contribution in [0.4, 0.5) is 0 Å². The zero-order valence-corrected chi connectivity index (χ0v) is 16.1. The zero-order valence-electron chi connectivity index (χ0n) is 16.1. The van der Waals surface area contributed by atoms with Crippen LogP contribution in [-0.2, 0) is 17.9 Å². The molecule has 1 amide bonds. The fourth-order valence-electron chi connectivity index (χ4n) is 3.64. The Bertz CT molecular complexity index is 832. The average Bonchev–Trinajstić information content (AvgIpc) is 2.81. The zero-order chi connectivity index (χ0) is 19.2. The predicted molar refractivity (Wildman–Crippen MR) is 105 cm³/mol. The number of hydrogen-bond acceptors (Lipinski definition) is 4. The molecule has 2 aromatic rings. The van der Waals surface area contributed by atoms with Gasteiger partial charge in [-0.3, -0.25) is 9.36 Å². The largest absolute Gasteiger partial charge is 0.347 e. The van der Waals surface area contributed by atoms with Crippen molar-refractivity contribution < 1.29 is 4.79 Å². The molecule has 1 saturated heterocycles. The minimum atomic E-state index is -0.195. The van der Waals surface area contributed by atoms with Crippen LogP contribution >= 0.6 is 0 Å². The van der Waals surface area contributed by atoms with Crippen LogP contribution in [0.2, 0.25) is 0 Å². The van der Waals surface area contributed by atoms with Crippen molar-refractivity contribution in [1.82, 2.24) is 19.8 Å². The minimum Gasteiger partial charge on any atom is -0.338 e. The lowest BCUT2D eigenvalue weighted by Crippen LogP contribution is -2.36. The monoisotopic (exact) mass is 368 g/mol. The number of carbonyl (C=O) groups is 1. The smallest absolute Gasteiger partial charge is 0.338 e. The fraction of sp³-hybridized carbons (Fsp3) is 0.476. The van der Waals surface area contributed by atoms with Gasteiger partial charge in [0.05, 0.1) is 0 Å². The van der Waals surface area contributed by atoms with E-state index in [0.717, 1.165) is 30.8 Å². The summed E-state index contributed by atoms with van der Waals surface area (Å²) in [6, 6.07) is 12.3. The molecule has 3 rings (SSSR count). The van der Waals surface area contributed by atoms with Gasteiger partial charge in [0.25, 0.3) is 0 Å². The summed E-state index contributed by atoms with van der Waals surface area (Å²) in [4.78, 5) is 30.4. The molecule has 1 aliphatic heterocycles. The van der Waals surface area contributed by atoms with Gasteiger partial charge in [0.2, 0.25) is 5.91 Å². The van der Waals surface area contributed by atoms with Gasteiger partial charge >= 0.3 is 5.69 Å². The first-order valence-electron chi connectivity index (χ1n) is 9.63. The molecule has 0 spiro atoms. The first-order valence-corrected chi connectivity index (χ1v) is 9.63. The third kappa shape index (κ3) is 5.26. The van der Waals surface area contributed by atoms with Crippen molar-refractivity contribution in [3.05, 3.63) is 63.8 Å². The van der Waals surface area contributed by atoms with Crippen molar-refractivity contribution in [3.63, 3.8) is 0 Å². The van der Waals surface area contributed by atoms with Crippen LogP contribution in [0.3, 0.4) is 0 Å². The quantitative estimate of drug-likeness (QED) is 0.847. The Kier molecular flexibility index (Phi) is 6.40. The third-order valence-corrected chi connectivity index (χ3v) is 5.14. The van der Waals surface area contributed by atoms with Crippen LogP contribution in [-0.4, -0.2) is 39.5 Å². The number of carbonyl (C=O) groups excluding carboxylic acids is 1. The Morgan fingerprint density at radius 1 is 1.15 bits per heavy atom. The maximum absolute atomic E-state index is 12.4. The summed E-state index contributed by atoms with van der Waals surface area (Å²) < 4.78 is 1.70. The lowest BCUT2D eigenvalue weighted by atomic mass is 10.1. The van der Waals surface area contributed by atoms with E-state index in [4.69, 9.17) is 0 Å². The number of nitrogens with zero attached hydrogens (tertiary/aromatic N) is 3. The number of rotatable bonds is 6. The number of hydrogen-bond donors (Lipinski definition) is 1. The molecule has 27 heavy (non-hydrogen) atoms. The topological polar surface area (TPSA) is 67.2 Å². The molecule has 1 aromatic heterocycles. The Morgan fingerprint density at radius 2 is 1.93 bits per heavy atom. The van der Waals surface area contributed by atoms with Gasteiger partial charge in [-0.25, -0.2) is 4.79 Å². The van der Waals surface area contributed by atoms with E-state index in [-0.39, 0.29) is 11.6 Å². The van der Waals surface area contributed by atoms with E-state index in [1.807, 2.05) is 43.0 Å². The second-order valence-electron chi connectivity index (χ2n) is 7.25. The number of nitrogens with one attached hydrogen (secondary N) is 1. The van der Waals surface area contributed by atoms with E-state index in [9.17, 15) is 9.59 Å². The maximum atomic E-state index is 12.4. The first-order chi connectivity index (χ1) is 13.0. The summed E-state index contributed by atoms with van der Waals surface area (Å²) in [6.07, 6.45) is 2.33. The number of amides is 1. The lowest BCUT2D eigenvalue weighted by molar-refractivity contribution is -0.131. The number of likely N-dealkylation sites (tertiary alicyclic amines) is 1. The number of aromatic nitrogens is 2. The Hall–Kier alpha value is -2.47. The molecule has 0 aliphatic carbocycles. The summed E-state index contributed by atoms with van der Waals surface area (Å²) in [6.45, 7) is 6.49. The number of aryl methyl sites for hydroxylation is 2. The maximum Gasteiger partial charge on any atom is 0.347 e. The van der Waals surface area contributed by atoms with Gasteiger partial charge in [-0.2, -0.15) is 4.98 Å². The minimum absolute atomic E-state index is 0.195. The van der Waals surface area contributed by atoms with Crippen molar-refractivity contribution in [2.75, 3.05) is 13.1 Å². The lowest BCUT2D eigenvalue weighted by Gasteiger charge is -2.21. The first kappa shape index (κ1) is 19.3. The molecule has 0 radical (unpaired) electrons. The molecular weight excluding hydrogens is 340 g/mol. The highest BCUT2D eigenvalue weighted by atomic mass is 16.2. The molecule has 1 atom stereocenters. The van der Waals surface area contributed by atoms with E-state index in [1.165, 1.54) is 5.56 Å². The van der Waals surface area contributed by atoms with Crippen molar-refractivity contribution in [2.45, 2.75) is 52.2 Å². The highest BCUT2D eigenvalue weighted by Gasteiger charge is 2.22. The average molecular weight is 368 g/mol. The van der Waals surface area contributed by atoms with Crippen LogP contribution in [0.1, 0.15) is 36.2 Å². The van der Waals surface area contributed by atoms with Crippen LogP contribution in [0.5, 0.6) is 0 Å². The van der Waals surface area contributed by atoms with Gasteiger partial charge in [0.1, 0.15) is 0 Å². The van der Waals surface area contributed by atoms with Gasteiger partial charge in [-0.15, -0.1) is 0 Å². The van der Waals surface area contributed by atoms with E-state index in [0.29, 0.717) is 32.1 Å². The molecule has 2 heterocycles. The SMILES string of the molecule is Cc1cc(C)n(CCN[C@H]2CCC(=O)N(Cc3ccccc3)CC2)c(=O)n1. The highest BCUT2D eigenvalue weighted by Crippen LogP contribution is 2.15. The second kappa shape index (κ2) is 8.95. The predicted octanol–water partition coefficient (Wildman–Crippen LogP) is 2.03. The fourth-order valence-corrected chi connectivity index (χ4v) is 3.64. The summed E-state index contributed by atoms with van der Waals surface area (Å²) in [5.41, 5.74) is 2.65. The van der Waals surface area contributed by atoms with Crippen LogP contribution in [0.15, 0.2) is 41.2 Å². The standard InChI is InChI=1S/C21H28N4O2/c1-16-14-17(2)25(21(27)23-16)13-11-22-19-8-9-20(26)24(12-10-19)15-18-6-4-3-5-7-18/h3-7,14,19,22H,8-13,15H2,1-2H3/t19-/m0/s1. The third-order valence-electron chi connectivity index (χ3n) is 5.14. The van der Waals surface area contributed by atoms with Crippen LogP contribution < -0.4 is 11.0 Å². The van der Waals surface area contributed by atoms with Crippen LogP contribution in [0.25, 0.3) is 0 Å². The molecule has 0 unspecified atom stereocenters. The van der Waals surface area contributed by atoms with Crippen LogP contribution in [0, 0.1) is 13.8 Å². The van der Waals surface area contributed by atoms with E-state index >= 15 is 0 Å². The molecule has 0 saturated carbocycles. The molecule has 1 aliphatic rings. The molecule has 0 bridgehead atoms. The van der Waals surface area contributed by atoms with Crippen molar-refractivity contribution >= 4 is 5.91 Å². The Morgan fingerprint density at radius 3 is 2.67 bits per heavy atom. The van der Waals surface area contributed by atoms with E-state index < -0.39 is 0 Å². The van der Waals surface area contributed by atoms with Gasteiger partial charge < -0.3 is 10.2 Å². The van der Waals surface area contributed by atoms with Gasteiger partial charge in [0.15, 0.2) is 0 Å². The summed E-state index contributed by atoms with van der Waals surface area (Å²) in [7, 11) is 0. The normalized spacial score (nSPS) is 17.8. The number of benzene rings is 1. The Balaban J connectivity index is 1.51. The molecule has 144 valence electrons. The second-order valence-corrected chi connectivity index (χ2v) is 7.25. The summed E-state index contributed by atoms with van der Waals surface area (Å²) in [5, 5.41) is 3.52. The molecule has 6 heteroatoms. The van der Waals surface area contributed by atoms with Crippen molar-refractivity contribution in [2.24, 2.45) is 0 Å². The summed E-state index contributed by atoms with van der Waals surface area (Å²) >= 11 is 0. The summed E-state index contributed by atoms with van der Waals surface area (Å²) in [5.74, 6) is 0.220.